The Morgan fingerprint density at radius 1 is 1.29 bits per heavy atom. The summed E-state index contributed by atoms with van der Waals surface area (Å²) in [6.07, 6.45) is -2.33. The molecule has 17 heavy (non-hydrogen) atoms. The first-order chi connectivity index (χ1) is 7.92. The van der Waals surface area contributed by atoms with Crippen LogP contribution in [0.25, 0.3) is 0 Å². The molecule has 0 aliphatic heterocycles. The molecule has 0 aliphatic carbocycles. The molecule has 0 radical (unpaired) electrons. The zero-order valence-corrected chi connectivity index (χ0v) is 11.0. The van der Waals surface area contributed by atoms with Gasteiger partial charge in [-0.05, 0) is 30.9 Å². The van der Waals surface area contributed by atoms with Crippen molar-refractivity contribution in [1.82, 2.24) is 0 Å². The van der Waals surface area contributed by atoms with Crippen LogP contribution in [0.4, 0.5) is 13.2 Å². The van der Waals surface area contributed by atoms with Gasteiger partial charge >= 0.3 is 6.36 Å². The molecule has 0 fully saturated rings. The van der Waals surface area contributed by atoms with Crippen molar-refractivity contribution in [3.63, 3.8) is 0 Å². The quantitative estimate of drug-likeness (QED) is 0.717. The van der Waals surface area contributed by atoms with Crippen LogP contribution in [-0.2, 0) is 6.42 Å². The summed E-state index contributed by atoms with van der Waals surface area (Å²) in [4.78, 5) is 0.321. The lowest BCUT2D eigenvalue weighted by Crippen LogP contribution is -2.18. The molecule has 96 valence electrons. The molecule has 0 amide bonds. The molecule has 1 rings (SSSR count). The highest BCUT2D eigenvalue weighted by Crippen LogP contribution is 2.27. The largest absolute Gasteiger partial charge is 0.573 e. The molecule has 1 atom stereocenters. The van der Waals surface area contributed by atoms with E-state index in [4.69, 9.17) is 0 Å². The predicted octanol–water partition coefficient (Wildman–Crippen LogP) is 4.69. The third-order valence-electron chi connectivity index (χ3n) is 2.37. The highest BCUT2D eigenvalue weighted by molar-refractivity contribution is 9.09. The van der Waals surface area contributed by atoms with Crippen LogP contribution in [-0.4, -0.2) is 11.2 Å². The summed E-state index contributed by atoms with van der Waals surface area (Å²) in [5.74, 6) is -0.101. The van der Waals surface area contributed by atoms with Crippen LogP contribution in [0.1, 0.15) is 25.3 Å². The van der Waals surface area contributed by atoms with Crippen LogP contribution in [0, 0.1) is 0 Å². The molecule has 1 unspecified atom stereocenters. The maximum Gasteiger partial charge on any atom is 0.573 e. The van der Waals surface area contributed by atoms with E-state index in [1.807, 2.05) is 6.92 Å². The van der Waals surface area contributed by atoms with Gasteiger partial charge in [0.05, 0.1) is 0 Å². The minimum absolute atomic E-state index is 0.101. The van der Waals surface area contributed by atoms with Crippen molar-refractivity contribution in [2.75, 3.05) is 0 Å². The van der Waals surface area contributed by atoms with Crippen molar-refractivity contribution in [2.45, 2.75) is 37.4 Å². The molecule has 1 aromatic rings. The van der Waals surface area contributed by atoms with E-state index >= 15 is 0 Å². The molecule has 0 N–H and O–H groups in total. The summed E-state index contributed by atoms with van der Waals surface area (Å²) in [5, 5.41) is 0. The van der Waals surface area contributed by atoms with Crippen molar-refractivity contribution < 1.29 is 17.9 Å². The summed E-state index contributed by atoms with van der Waals surface area (Å²) in [7, 11) is 0. The molecule has 0 aliphatic rings. The summed E-state index contributed by atoms with van der Waals surface area (Å²) in [6, 6.07) is 6.26. The van der Waals surface area contributed by atoms with Gasteiger partial charge in [0.25, 0.3) is 0 Å². The van der Waals surface area contributed by atoms with E-state index in [0.29, 0.717) is 16.8 Å². The van der Waals surface area contributed by atoms with Gasteiger partial charge in [-0.25, -0.2) is 0 Å². The first-order valence-corrected chi connectivity index (χ1v) is 6.31. The fourth-order valence-corrected chi connectivity index (χ4v) is 1.68. The summed E-state index contributed by atoms with van der Waals surface area (Å²) in [6.45, 7) is 2.03. The molecule has 1 nitrogen and oxygen atoms in total. The van der Waals surface area contributed by atoms with E-state index in [0.717, 1.165) is 12.8 Å². The second-order valence-electron chi connectivity index (χ2n) is 3.70. The Kier molecular flexibility index (Phi) is 5.31. The Labute approximate surface area is 107 Å². The predicted molar refractivity (Wildman–Crippen MR) is 64.5 cm³/mol. The van der Waals surface area contributed by atoms with E-state index < -0.39 is 6.36 Å². The van der Waals surface area contributed by atoms with Gasteiger partial charge in [-0.2, -0.15) is 0 Å². The van der Waals surface area contributed by atoms with Crippen LogP contribution >= 0.6 is 15.9 Å². The monoisotopic (exact) mass is 310 g/mol. The number of rotatable bonds is 5. The van der Waals surface area contributed by atoms with E-state index in [1.54, 1.807) is 12.1 Å². The summed E-state index contributed by atoms with van der Waals surface area (Å²) < 4.78 is 40.4. The number of hydrogen-bond donors (Lipinski definition) is 0. The molecule has 0 bridgehead atoms. The SMILES string of the molecule is CCC(Br)CCc1ccccc1OC(F)(F)F. The number of alkyl halides is 4. The zero-order valence-electron chi connectivity index (χ0n) is 9.43. The Bertz CT molecular complexity index is 352. The molecule has 5 heteroatoms. The first kappa shape index (κ1) is 14.4. The number of halogens is 4. The fraction of sp³-hybridized carbons (Fsp3) is 0.500. The van der Waals surface area contributed by atoms with E-state index in [-0.39, 0.29) is 5.75 Å². The number of benzene rings is 1. The van der Waals surface area contributed by atoms with Crippen molar-refractivity contribution in [3.05, 3.63) is 29.8 Å². The molecular formula is C12H14BrF3O. The van der Waals surface area contributed by atoms with Crippen molar-refractivity contribution in [3.8, 4) is 5.75 Å². The lowest BCUT2D eigenvalue weighted by atomic mass is 10.1. The average molecular weight is 311 g/mol. The molecule has 0 spiro atoms. The van der Waals surface area contributed by atoms with Crippen molar-refractivity contribution in [2.24, 2.45) is 0 Å². The van der Waals surface area contributed by atoms with Crippen molar-refractivity contribution in [1.29, 1.82) is 0 Å². The Morgan fingerprint density at radius 3 is 2.53 bits per heavy atom. The van der Waals surface area contributed by atoms with Crippen LogP contribution in [0.2, 0.25) is 0 Å². The van der Waals surface area contributed by atoms with Gasteiger partial charge in [0.2, 0.25) is 0 Å². The molecule has 1 aromatic carbocycles. The van der Waals surface area contributed by atoms with Gasteiger partial charge in [-0.3, -0.25) is 0 Å². The minimum Gasteiger partial charge on any atom is -0.406 e. The molecule has 0 saturated carbocycles. The number of aryl methyl sites for hydroxylation is 1. The van der Waals surface area contributed by atoms with E-state index in [9.17, 15) is 13.2 Å². The van der Waals surface area contributed by atoms with Gasteiger partial charge in [0.1, 0.15) is 5.75 Å². The van der Waals surface area contributed by atoms with Crippen LogP contribution in [0.3, 0.4) is 0 Å². The lowest BCUT2D eigenvalue weighted by Gasteiger charge is -2.14. The number of ether oxygens (including phenoxy) is 1. The van der Waals surface area contributed by atoms with Crippen molar-refractivity contribution >= 4 is 15.9 Å². The average Bonchev–Trinajstić information content (AvgIpc) is 2.25. The molecule has 0 saturated heterocycles. The fourth-order valence-electron chi connectivity index (χ4n) is 1.45. The van der Waals surface area contributed by atoms with Gasteiger partial charge in [-0.1, -0.05) is 41.1 Å². The van der Waals surface area contributed by atoms with Gasteiger partial charge < -0.3 is 4.74 Å². The van der Waals surface area contributed by atoms with Crippen LogP contribution < -0.4 is 4.74 Å². The molecular weight excluding hydrogens is 297 g/mol. The van der Waals surface area contributed by atoms with E-state index in [1.165, 1.54) is 12.1 Å². The molecule has 0 heterocycles. The third kappa shape index (κ3) is 5.44. The first-order valence-electron chi connectivity index (χ1n) is 5.40. The second-order valence-corrected chi connectivity index (χ2v) is 4.99. The van der Waals surface area contributed by atoms with Crippen LogP contribution in [0.5, 0.6) is 5.75 Å². The minimum atomic E-state index is -4.63. The van der Waals surface area contributed by atoms with Gasteiger partial charge in [0.15, 0.2) is 0 Å². The lowest BCUT2D eigenvalue weighted by molar-refractivity contribution is -0.274. The number of para-hydroxylation sites is 1. The third-order valence-corrected chi connectivity index (χ3v) is 3.47. The standard InChI is InChI=1S/C12H14BrF3O/c1-2-10(13)8-7-9-5-3-4-6-11(9)17-12(14,15)16/h3-6,10H,2,7-8H2,1H3. The second kappa shape index (κ2) is 6.28. The zero-order chi connectivity index (χ0) is 12.9. The maximum atomic E-state index is 12.2. The van der Waals surface area contributed by atoms with E-state index in [2.05, 4.69) is 20.7 Å². The summed E-state index contributed by atoms with van der Waals surface area (Å²) in [5.41, 5.74) is 0.586. The normalized spacial score (nSPS) is 13.5. The highest BCUT2D eigenvalue weighted by Gasteiger charge is 2.31. The Hall–Kier alpha value is -0.710. The van der Waals surface area contributed by atoms with Gasteiger partial charge in [0, 0.05) is 4.83 Å². The Balaban J connectivity index is 2.71. The van der Waals surface area contributed by atoms with Crippen LogP contribution in [0.15, 0.2) is 24.3 Å². The number of hydrogen-bond acceptors (Lipinski definition) is 1. The topological polar surface area (TPSA) is 9.23 Å². The summed E-state index contributed by atoms with van der Waals surface area (Å²) >= 11 is 3.46. The maximum absolute atomic E-state index is 12.2. The van der Waals surface area contributed by atoms with Gasteiger partial charge in [-0.15, -0.1) is 13.2 Å². The molecule has 0 aromatic heterocycles. The Morgan fingerprint density at radius 2 is 1.94 bits per heavy atom. The highest BCUT2D eigenvalue weighted by atomic mass is 79.9. The smallest absolute Gasteiger partial charge is 0.406 e.